The molecule has 0 unspecified atom stereocenters. The number of rotatable bonds is 5. The predicted molar refractivity (Wildman–Crippen MR) is 75.6 cm³/mol. The summed E-state index contributed by atoms with van der Waals surface area (Å²) in [4.78, 5) is 34.9. The van der Waals surface area contributed by atoms with Crippen LogP contribution in [0.3, 0.4) is 0 Å². The van der Waals surface area contributed by atoms with E-state index in [4.69, 9.17) is 5.11 Å². The van der Waals surface area contributed by atoms with Gasteiger partial charge in [-0.1, -0.05) is 6.07 Å². The first-order valence-electron chi connectivity index (χ1n) is 5.94. The molecule has 0 atom stereocenters. The Hall–Kier alpha value is -2.15. The van der Waals surface area contributed by atoms with Crippen LogP contribution in [0.15, 0.2) is 28.7 Å². The molecule has 0 saturated carbocycles. The number of hydrogen-bond acceptors (Lipinski definition) is 4. The van der Waals surface area contributed by atoms with Crippen molar-refractivity contribution in [2.45, 2.75) is 20.3 Å². The fourth-order valence-corrected chi connectivity index (χ4v) is 2.03. The van der Waals surface area contributed by atoms with Crippen LogP contribution in [0.4, 0.5) is 4.79 Å². The van der Waals surface area contributed by atoms with E-state index in [1.54, 1.807) is 11.3 Å². The molecule has 108 valence electrons. The molecular weight excluding hydrogens is 280 g/mol. The van der Waals surface area contributed by atoms with Crippen LogP contribution in [0.1, 0.15) is 18.7 Å². The van der Waals surface area contributed by atoms with Crippen LogP contribution in [0.25, 0.3) is 0 Å². The molecule has 1 aromatic rings. The van der Waals surface area contributed by atoms with Crippen molar-refractivity contribution in [3.05, 3.63) is 33.5 Å². The lowest BCUT2D eigenvalue weighted by Gasteiger charge is -2.07. The standard InChI is InChI=1S/C13H16N2O4S/c1-8(9(2)12(17)18)11(16)15-13(19)14-6-5-10-4-3-7-20-10/h3-4,7H,5-6H2,1-2H3,(H,17,18)(H2,14,15,16,19). The van der Waals surface area contributed by atoms with Crippen LogP contribution in [0.2, 0.25) is 0 Å². The first-order chi connectivity index (χ1) is 9.41. The number of hydrogen-bond donors (Lipinski definition) is 3. The van der Waals surface area contributed by atoms with Gasteiger partial charge in [0.1, 0.15) is 0 Å². The molecule has 0 spiro atoms. The topological polar surface area (TPSA) is 95.5 Å². The van der Waals surface area contributed by atoms with E-state index in [0.717, 1.165) is 4.88 Å². The van der Waals surface area contributed by atoms with Gasteiger partial charge in [0.2, 0.25) is 0 Å². The largest absolute Gasteiger partial charge is 0.478 e. The Kier molecular flexibility index (Phi) is 5.92. The molecule has 6 nitrogen and oxygen atoms in total. The zero-order valence-corrected chi connectivity index (χ0v) is 12.0. The first-order valence-corrected chi connectivity index (χ1v) is 6.82. The van der Waals surface area contributed by atoms with E-state index >= 15 is 0 Å². The minimum atomic E-state index is -1.18. The quantitative estimate of drug-likeness (QED) is 0.718. The number of carboxylic acids is 1. The molecule has 1 heterocycles. The van der Waals surface area contributed by atoms with Crippen molar-refractivity contribution in [1.82, 2.24) is 10.6 Å². The predicted octanol–water partition coefficient (Wildman–Crippen LogP) is 1.54. The van der Waals surface area contributed by atoms with Crippen molar-refractivity contribution in [1.29, 1.82) is 0 Å². The van der Waals surface area contributed by atoms with Gasteiger partial charge in [0, 0.05) is 22.6 Å². The summed E-state index contributed by atoms with van der Waals surface area (Å²) in [6.45, 7) is 3.07. The van der Waals surface area contributed by atoms with Crippen LogP contribution in [-0.2, 0) is 16.0 Å². The molecule has 0 radical (unpaired) electrons. The Morgan fingerprint density at radius 3 is 2.50 bits per heavy atom. The molecule has 0 aromatic carbocycles. The second kappa shape index (κ2) is 7.44. The van der Waals surface area contributed by atoms with Crippen LogP contribution >= 0.6 is 11.3 Å². The van der Waals surface area contributed by atoms with E-state index < -0.39 is 17.9 Å². The second-order valence-electron chi connectivity index (χ2n) is 4.09. The molecule has 0 aliphatic carbocycles. The lowest BCUT2D eigenvalue weighted by molar-refractivity contribution is -0.133. The normalized spacial score (nSPS) is 11.5. The minimum absolute atomic E-state index is 0.00547. The van der Waals surface area contributed by atoms with Gasteiger partial charge in [-0.05, 0) is 31.7 Å². The van der Waals surface area contributed by atoms with Crippen LogP contribution < -0.4 is 10.6 Å². The van der Waals surface area contributed by atoms with Crippen LogP contribution in [0, 0.1) is 0 Å². The molecule has 0 saturated heterocycles. The molecule has 0 aliphatic rings. The van der Waals surface area contributed by atoms with Crippen LogP contribution in [0.5, 0.6) is 0 Å². The maximum Gasteiger partial charge on any atom is 0.331 e. The highest BCUT2D eigenvalue weighted by molar-refractivity contribution is 7.09. The molecule has 20 heavy (non-hydrogen) atoms. The summed E-state index contributed by atoms with van der Waals surface area (Å²) in [5, 5.41) is 15.3. The number of imide groups is 1. The number of carbonyl (C=O) groups is 3. The fourth-order valence-electron chi connectivity index (χ4n) is 1.33. The number of amides is 3. The second-order valence-corrected chi connectivity index (χ2v) is 5.13. The lowest BCUT2D eigenvalue weighted by Crippen LogP contribution is -2.40. The van der Waals surface area contributed by atoms with Crippen molar-refractivity contribution < 1.29 is 19.5 Å². The van der Waals surface area contributed by atoms with Gasteiger partial charge in [-0.2, -0.15) is 0 Å². The van der Waals surface area contributed by atoms with E-state index in [-0.39, 0.29) is 11.1 Å². The summed E-state index contributed by atoms with van der Waals surface area (Å²) in [5.74, 6) is -1.89. The smallest absolute Gasteiger partial charge is 0.331 e. The SMILES string of the molecule is CC(C(=O)O)=C(C)C(=O)NC(=O)NCCc1cccs1. The third-order valence-electron chi connectivity index (χ3n) is 2.69. The Balaban J connectivity index is 2.40. The molecule has 0 fully saturated rings. The van der Waals surface area contributed by atoms with Gasteiger partial charge in [0.25, 0.3) is 5.91 Å². The lowest BCUT2D eigenvalue weighted by atomic mass is 10.1. The van der Waals surface area contributed by atoms with E-state index in [2.05, 4.69) is 10.6 Å². The van der Waals surface area contributed by atoms with Gasteiger partial charge < -0.3 is 10.4 Å². The maximum atomic E-state index is 11.6. The van der Waals surface area contributed by atoms with Gasteiger partial charge in [-0.25, -0.2) is 9.59 Å². The fraction of sp³-hybridized carbons (Fsp3) is 0.308. The Morgan fingerprint density at radius 2 is 1.95 bits per heavy atom. The minimum Gasteiger partial charge on any atom is -0.478 e. The summed E-state index contributed by atoms with van der Waals surface area (Å²) in [5.41, 5.74) is -0.0835. The molecular formula is C13H16N2O4S. The Labute approximate surface area is 120 Å². The molecule has 1 aromatic heterocycles. The number of carbonyl (C=O) groups excluding carboxylic acids is 2. The average molecular weight is 296 g/mol. The van der Waals surface area contributed by atoms with E-state index in [1.165, 1.54) is 13.8 Å². The third kappa shape index (κ3) is 4.85. The van der Waals surface area contributed by atoms with E-state index in [9.17, 15) is 14.4 Å². The van der Waals surface area contributed by atoms with E-state index in [1.807, 2.05) is 17.5 Å². The van der Waals surface area contributed by atoms with Crippen molar-refractivity contribution in [3.63, 3.8) is 0 Å². The summed E-state index contributed by atoms with van der Waals surface area (Å²) in [7, 11) is 0. The average Bonchev–Trinajstić information content (AvgIpc) is 2.89. The Bertz CT molecular complexity index is 535. The number of thiophene rings is 1. The third-order valence-corrected chi connectivity index (χ3v) is 3.62. The van der Waals surface area contributed by atoms with Crippen molar-refractivity contribution in [3.8, 4) is 0 Å². The van der Waals surface area contributed by atoms with Crippen molar-refractivity contribution in [2.75, 3.05) is 6.54 Å². The van der Waals surface area contributed by atoms with Gasteiger partial charge in [0.15, 0.2) is 0 Å². The highest BCUT2D eigenvalue weighted by Gasteiger charge is 2.14. The molecule has 3 amide bonds. The molecule has 7 heteroatoms. The van der Waals surface area contributed by atoms with Crippen molar-refractivity contribution >= 4 is 29.2 Å². The first kappa shape index (κ1) is 15.9. The number of aliphatic carboxylic acids is 1. The van der Waals surface area contributed by atoms with E-state index in [0.29, 0.717) is 13.0 Å². The molecule has 3 N–H and O–H groups in total. The summed E-state index contributed by atoms with van der Waals surface area (Å²) >= 11 is 1.59. The number of carboxylic acid groups (broad SMARTS) is 1. The summed E-state index contributed by atoms with van der Waals surface area (Å²) in [6.07, 6.45) is 0.683. The zero-order valence-electron chi connectivity index (χ0n) is 11.2. The highest BCUT2D eigenvalue weighted by Crippen LogP contribution is 2.08. The highest BCUT2D eigenvalue weighted by atomic mass is 32.1. The van der Waals surface area contributed by atoms with Gasteiger partial charge in [0.05, 0.1) is 0 Å². The van der Waals surface area contributed by atoms with Crippen molar-refractivity contribution in [2.24, 2.45) is 0 Å². The zero-order chi connectivity index (χ0) is 15.1. The van der Waals surface area contributed by atoms with Crippen LogP contribution in [-0.4, -0.2) is 29.6 Å². The maximum absolute atomic E-state index is 11.6. The van der Waals surface area contributed by atoms with Gasteiger partial charge in [-0.3, -0.25) is 10.1 Å². The number of nitrogens with one attached hydrogen (secondary N) is 2. The van der Waals surface area contributed by atoms with Gasteiger partial charge in [-0.15, -0.1) is 11.3 Å². The van der Waals surface area contributed by atoms with Gasteiger partial charge >= 0.3 is 12.0 Å². The monoisotopic (exact) mass is 296 g/mol. The summed E-state index contributed by atoms with van der Waals surface area (Å²) in [6, 6.07) is 3.24. The molecule has 1 rings (SSSR count). The Morgan fingerprint density at radius 1 is 1.25 bits per heavy atom. The molecule has 0 aliphatic heterocycles. The number of urea groups is 1. The molecule has 0 bridgehead atoms. The summed E-state index contributed by atoms with van der Waals surface area (Å²) < 4.78 is 0.